The number of nitrogens with one attached hydrogen (secondary N) is 1. The van der Waals surface area contributed by atoms with E-state index in [1.165, 1.54) is 6.07 Å². The molecule has 0 spiro atoms. The van der Waals surface area contributed by atoms with Gasteiger partial charge in [0.15, 0.2) is 0 Å². The summed E-state index contributed by atoms with van der Waals surface area (Å²) in [6.07, 6.45) is 2.50. The number of hydrogen-bond donors (Lipinski definition) is 1. The third-order valence-electron chi connectivity index (χ3n) is 3.21. The zero-order valence-electron chi connectivity index (χ0n) is 11.8. The summed E-state index contributed by atoms with van der Waals surface area (Å²) in [5.74, 6) is -0.325. The number of amides is 1. The van der Waals surface area contributed by atoms with E-state index in [2.05, 4.69) is 33.2 Å². The van der Waals surface area contributed by atoms with E-state index in [0.29, 0.717) is 10.2 Å². The Balaban J connectivity index is 1.94. The van der Waals surface area contributed by atoms with Crippen molar-refractivity contribution in [3.05, 3.63) is 45.1 Å². The maximum Gasteiger partial charge on any atom is 0.227 e. The van der Waals surface area contributed by atoms with Gasteiger partial charge in [0.25, 0.3) is 0 Å². The molecule has 0 fully saturated rings. The molecule has 2 atom stereocenters. The van der Waals surface area contributed by atoms with Crippen molar-refractivity contribution in [2.45, 2.75) is 26.2 Å². The van der Waals surface area contributed by atoms with Gasteiger partial charge in [0, 0.05) is 29.1 Å². The number of benzene rings is 1. The highest BCUT2D eigenvalue weighted by Gasteiger charge is 2.19. The van der Waals surface area contributed by atoms with Crippen molar-refractivity contribution in [2.75, 3.05) is 5.32 Å². The van der Waals surface area contributed by atoms with Gasteiger partial charge in [0.05, 0.1) is 9.48 Å². The van der Waals surface area contributed by atoms with Gasteiger partial charge in [-0.2, -0.15) is 0 Å². The number of aromatic nitrogens is 1. The normalized spacial score (nSPS) is 13.7. The smallest absolute Gasteiger partial charge is 0.227 e. The number of rotatable bonds is 5. The van der Waals surface area contributed by atoms with Gasteiger partial charge in [-0.3, -0.25) is 4.79 Å². The van der Waals surface area contributed by atoms with E-state index < -0.39 is 0 Å². The van der Waals surface area contributed by atoms with Gasteiger partial charge in [0.2, 0.25) is 5.91 Å². The van der Waals surface area contributed by atoms with Gasteiger partial charge < -0.3 is 5.32 Å². The molecule has 1 amide bonds. The van der Waals surface area contributed by atoms with Crippen LogP contribution in [0.15, 0.2) is 34.2 Å². The number of carbonyl (C=O) groups excluding carboxylic acids is 1. The molecule has 0 saturated heterocycles. The van der Waals surface area contributed by atoms with Crippen LogP contribution < -0.4 is 5.32 Å². The molecular formula is C15H16BrFN2OS. The van der Waals surface area contributed by atoms with E-state index >= 15 is 0 Å². The summed E-state index contributed by atoms with van der Waals surface area (Å²) in [4.78, 5) is 16.4. The average Bonchev–Trinajstić information content (AvgIpc) is 2.97. The Labute approximate surface area is 135 Å². The number of nitrogens with zero attached hydrogens (tertiary/aromatic N) is 1. The topological polar surface area (TPSA) is 42.0 Å². The predicted molar refractivity (Wildman–Crippen MR) is 87.0 cm³/mol. The third-order valence-corrected chi connectivity index (χ3v) is 4.83. The lowest BCUT2D eigenvalue weighted by molar-refractivity contribution is -0.119. The number of hydrogen-bond acceptors (Lipinski definition) is 3. The van der Waals surface area contributed by atoms with Gasteiger partial charge in [-0.15, -0.1) is 11.3 Å². The van der Waals surface area contributed by atoms with Gasteiger partial charge in [0.1, 0.15) is 5.82 Å². The van der Waals surface area contributed by atoms with Crippen molar-refractivity contribution in [2.24, 2.45) is 5.92 Å². The molecule has 0 saturated carbocycles. The van der Waals surface area contributed by atoms with Crippen LogP contribution in [0.1, 0.15) is 31.2 Å². The van der Waals surface area contributed by atoms with E-state index in [1.54, 1.807) is 29.7 Å². The second kappa shape index (κ2) is 7.13. The minimum atomic E-state index is -0.349. The summed E-state index contributed by atoms with van der Waals surface area (Å²) in [7, 11) is 0. The maximum atomic E-state index is 13.2. The molecule has 2 aromatic rings. The van der Waals surface area contributed by atoms with Crippen molar-refractivity contribution < 1.29 is 9.18 Å². The summed E-state index contributed by atoms with van der Waals surface area (Å²) in [6.45, 7) is 3.95. The highest BCUT2D eigenvalue weighted by atomic mass is 79.9. The summed E-state index contributed by atoms with van der Waals surface area (Å²) in [5.41, 5.74) is 0.585. The first-order valence-electron chi connectivity index (χ1n) is 6.62. The van der Waals surface area contributed by atoms with Crippen LogP contribution >= 0.6 is 27.3 Å². The summed E-state index contributed by atoms with van der Waals surface area (Å²) in [5, 5.41) is 5.79. The van der Waals surface area contributed by atoms with E-state index in [0.717, 1.165) is 11.4 Å². The Morgan fingerprint density at radius 2 is 2.24 bits per heavy atom. The molecule has 0 radical (unpaired) electrons. The Hall–Kier alpha value is -1.27. The Bertz CT molecular complexity index is 618. The van der Waals surface area contributed by atoms with Crippen molar-refractivity contribution in [1.29, 1.82) is 0 Å². The fourth-order valence-electron chi connectivity index (χ4n) is 2.06. The molecular weight excluding hydrogens is 355 g/mol. The number of carbonyl (C=O) groups is 1. The first kappa shape index (κ1) is 16.1. The fourth-order valence-corrected chi connectivity index (χ4v) is 3.15. The molecule has 3 nitrogen and oxygen atoms in total. The lowest BCUT2D eigenvalue weighted by atomic mass is 9.97. The van der Waals surface area contributed by atoms with Gasteiger partial charge in [-0.25, -0.2) is 9.37 Å². The molecule has 1 N–H and O–H groups in total. The average molecular weight is 371 g/mol. The maximum absolute atomic E-state index is 13.2. The molecule has 1 heterocycles. The number of thiazole rings is 1. The molecule has 0 aliphatic carbocycles. The Kier molecular flexibility index (Phi) is 5.47. The van der Waals surface area contributed by atoms with Crippen LogP contribution in [-0.4, -0.2) is 10.9 Å². The SMILES string of the molecule is CC(CC(C)c1nccs1)C(=O)Nc1ccc(F)c(Br)c1. The molecule has 1 aromatic heterocycles. The van der Waals surface area contributed by atoms with E-state index in [-0.39, 0.29) is 23.6 Å². The molecule has 112 valence electrons. The van der Waals surface area contributed by atoms with Crippen LogP contribution in [0.3, 0.4) is 0 Å². The van der Waals surface area contributed by atoms with Crippen molar-refractivity contribution in [1.82, 2.24) is 4.98 Å². The third kappa shape index (κ3) is 4.35. The molecule has 0 bridgehead atoms. The minimum absolute atomic E-state index is 0.0723. The fraction of sp³-hybridized carbons (Fsp3) is 0.333. The van der Waals surface area contributed by atoms with Gasteiger partial charge in [-0.05, 0) is 40.5 Å². The summed E-state index contributed by atoms with van der Waals surface area (Å²) >= 11 is 4.71. The van der Waals surface area contributed by atoms with E-state index in [1.807, 2.05) is 12.3 Å². The van der Waals surface area contributed by atoms with E-state index in [9.17, 15) is 9.18 Å². The summed E-state index contributed by atoms with van der Waals surface area (Å²) in [6, 6.07) is 4.43. The first-order chi connectivity index (χ1) is 9.97. The lowest BCUT2D eigenvalue weighted by Gasteiger charge is -2.15. The van der Waals surface area contributed by atoms with Crippen LogP contribution in [0.4, 0.5) is 10.1 Å². The van der Waals surface area contributed by atoms with E-state index in [4.69, 9.17) is 0 Å². The largest absolute Gasteiger partial charge is 0.326 e. The molecule has 0 aliphatic rings. The summed E-state index contributed by atoms with van der Waals surface area (Å²) < 4.78 is 13.5. The van der Waals surface area contributed by atoms with Crippen LogP contribution in [0.2, 0.25) is 0 Å². The zero-order valence-corrected chi connectivity index (χ0v) is 14.2. The van der Waals surface area contributed by atoms with Crippen molar-refractivity contribution >= 4 is 38.9 Å². The quantitative estimate of drug-likeness (QED) is 0.819. The van der Waals surface area contributed by atoms with Crippen LogP contribution in [0, 0.1) is 11.7 Å². The Morgan fingerprint density at radius 3 is 2.86 bits per heavy atom. The predicted octanol–water partition coefficient (Wildman–Crippen LogP) is 4.81. The highest BCUT2D eigenvalue weighted by molar-refractivity contribution is 9.10. The highest BCUT2D eigenvalue weighted by Crippen LogP contribution is 2.26. The molecule has 6 heteroatoms. The first-order valence-corrected chi connectivity index (χ1v) is 8.30. The number of anilines is 1. The Morgan fingerprint density at radius 1 is 1.48 bits per heavy atom. The number of halogens is 2. The molecule has 2 unspecified atom stereocenters. The minimum Gasteiger partial charge on any atom is -0.326 e. The lowest BCUT2D eigenvalue weighted by Crippen LogP contribution is -2.21. The van der Waals surface area contributed by atoms with Gasteiger partial charge in [-0.1, -0.05) is 13.8 Å². The second-order valence-corrected chi connectivity index (χ2v) is 6.81. The molecule has 1 aromatic carbocycles. The molecule has 0 aliphatic heterocycles. The van der Waals surface area contributed by atoms with Crippen LogP contribution in [0.25, 0.3) is 0 Å². The monoisotopic (exact) mass is 370 g/mol. The van der Waals surface area contributed by atoms with Crippen LogP contribution in [0.5, 0.6) is 0 Å². The standard InChI is InChI=1S/C15H16BrFN2OS/c1-9(7-10(2)15-18-5-6-21-15)14(20)19-11-3-4-13(17)12(16)8-11/h3-6,8-10H,7H2,1-2H3,(H,19,20). The molecule has 2 rings (SSSR count). The second-order valence-electron chi connectivity index (χ2n) is 5.03. The van der Waals surface area contributed by atoms with Crippen molar-refractivity contribution in [3.8, 4) is 0 Å². The van der Waals surface area contributed by atoms with Gasteiger partial charge >= 0.3 is 0 Å². The zero-order chi connectivity index (χ0) is 15.4. The molecule has 21 heavy (non-hydrogen) atoms. The van der Waals surface area contributed by atoms with Crippen LogP contribution in [-0.2, 0) is 4.79 Å². The van der Waals surface area contributed by atoms with Crippen molar-refractivity contribution in [3.63, 3.8) is 0 Å².